The van der Waals surface area contributed by atoms with Crippen molar-refractivity contribution in [1.29, 1.82) is 0 Å². The van der Waals surface area contributed by atoms with Crippen LogP contribution in [0.3, 0.4) is 0 Å². The molecule has 3 aliphatic heterocycles. The third-order valence-electron chi connectivity index (χ3n) is 5.47. The molecule has 24 heavy (non-hydrogen) atoms. The van der Waals surface area contributed by atoms with E-state index >= 15 is 0 Å². The summed E-state index contributed by atoms with van der Waals surface area (Å²) in [4.78, 5) is 26.7. The highest BCUT2D eigenvalue weighted by atomic mass is 16.5. The molecule has 2 saturated heterocycles. The third kappa shape index (κ3) is 1.73. The summed E-state index contributed by atoms with van der Waals surface area (Å²) < 4.78 is 6.08. The normalized spacial score (nSPS) is 36.2. The van der Waals surface area contributed by atoms with E-state index in [1.807, 2.05) is 37.3 Å². The van der Waals surface area contributed by atoms with Crippen LogP contribution in [0.1, 0.15) is 12.0 Å². The van der Waals surface area contributed by atoms with Gasteiger partial charge in [0, 0.05) is 5.69 Å². The molecule has 1 spiro atoms. The molecule has 1 amide bonds. The average molecular weight is 325 g/mol. The number of aryl methyl sites for hydroxylation is 1. The van der Waals surface area contributed by atoms with Crippen LogP contribution in [0.4, 0.5) is 5.69 Å². The Morgan fingerprint density at radius 3 is 2.88 bits per heavy atom. The van der Waals surface area contributed by atoms with Crippen LogP contribution in [0, 0.1) is 18.8 Å². The zero-order chi connectivity index (χ0) is 17.1. The van der Waals surface area contributed by atoms with Gasteiger partial charge in [0.2, 0.25) is 5.91 Å². The lowest BCUT2D eigenvalue weighted by molar-refractivity contribution is -0.146. The summed E-state index contributed by atoms with van der Waals surface area (Å²) in [6.07, 6.45) is 5.47. The zero-order valence-electron chi connectivity index (χ0n) is 13.4. The van der Waals surface area contributed by atoms with Crippen LogP contribution in [0.15, 0.2) is 49.1 Å². The molecule has 3 aliphatic rings. The highest BCUT2D eigenvalue weighted by Gasteiger charge is 2.71. The number of nitrogens with zero attached hydrogens (tertiary/aromatic N) is 1. The number of hydrogen-bond donors (Lipinski definition) is 1. The summed E-state index contributed by atoms with van der Waals surface area (Å²) in [7, 11) is 0. The summed E-state index contributed by atoms with van der Waals surface area (Å²) in [5.41, 5.74) is 0.908. The fraction of sp³-hybridized carbons (Fsp3) is 0.368. The van der Waals surface area contributed by atoms with Gasteiger partial charge in [0.25, 0.3) is 0 Å². The third-order valence-corrected chi connectivity index (χ3v) is 5.47. The Morgan fingerprint density at radius 2 is 2.21 bits per heavy atom. The van der Waals surface area contributed by atoms with Crippen LogP contribution in [-0.2, 0) is 14.3 Å². The molecule has 5 nitrogen and oxygen atoms in total. The average Bonchev–Trinajstić information content (AvgIpc) is 3.18. The number of carbonyl (C=O) groups excluding carboxylic acids is 1. The van der Waals surface area contributed by atoms with E-state index in [-0.39, 0.29) is 11.9 Å². The van der Waals surface area contributed by atoms with Gasteiger partial charge in [-0.25, -0.2) is 0 Å². The number of carboxylic acids is 1. The number of carbonyl (C=O) groups is 2. The molecule has 0 aromatic heterocycles. The van der Waals surface area contributed by atoms with Gasteiger partial charge >= 0.3 is 5.97 Å². The minimum atomic E-state index is -0.978. The summed E-state index contributed by atoms with van der Waals surface area (Å²) in [5.74, 6) is -2.66. The molecule has 2 bridgehead atoms. The second kappa shape index (κ2) is 5.05. The molecule has 0 aliphatic carbocycles. The number of aliphatic carboxylic acids is 1. The maximum atomic E-state index is 13.2. The van der Waals surface area contributed by atoms with Gasteiger partial charge in [0.1, 0.15) is 11.5 Å². The molecule has 1 N–H and O–H groups in total. The zero-order valence-corrected chi connectivity index (χ0v) is 13.4. The van der Waals surface area contributed by atoms with Gasteiger partial charge < -0.3 is 14.7 Å². The second-order valence-corrected chi connectivity index (χ2v) is 6.67. The molecular formula is C19H19NO4. The number of carboxylic acid groups (broad SMARTS) is 1. The first kappa shape index (κ1) is 15.1. The van der Waals surface area contributed by atoms with E-state index in [9.17, 15) is 14.7 Å². The molecule has 0 saturated carbocycles. The highest BCUT2D eigenvalue weighted by molar-refractivity contribution is 6.03. The minimum Gasteiger partial charge on any atom is -0.481 e. The van der Waals surface area contributed by atoms with Gasteiger partial charge in [0.05, 0.1) is 18.1 Å². The van der Waals surface area contributed by atoms with Gasteiger partial charge in [-0.1, -0.05) is 36.4 Å². The molecule has 0 radical (unpaired) electrons. The summed E-state index contributed by atoms with van der Waals surface area (Å²) in [6.45, 7) is 5.76. The number of para-hydroxylation sites is 1. The Kier molecular flexibility index (Phi) is 3.18. The Hall–Kier alpha value is -2.40. The summed E-state index contributed by atoms with van der Waals surface area (Å²) >= 11 is 0. The molecular weight excluding hydrogens is 306 g/mol. The lowest BCUT2D eigenvalue weighted by atomic mass is 9.74. The van der Waals surface area contributed by atoms with Crippen molar-refractivity contribution in [2.24, 2.45) is 11.8 Å². The van der Waals surface area contributed by atoms with Crippen molar-refractivity contribution in [3.8, 4) is 0 Å². The lowest BCUT2D eigenvalue weighted by Crippen LogP contribution is -2.45. The van der Waals surface area contributed by atoms with E-state index in [0.717, 1.165) is 11.3 Å². The van der Waals surface area contributed by atoms with Crippen molar-refractivity contribution in [3.05, 3.63) is 54.6 Å². The van der Waals surface area contributed by atoms with Crippen molar-refractivity contribution >= 4 is 17.6 Å². The van der Waals surface area contributed by atoms with Crippen molar-refractivity contribution in [2.45, 2.75) is 31.1 Å². The molecule has 3 heterocycles. The molecule has 4 rings (SSSR count). The van der Waals surface area contributed by atoms with Crippen molar-refractivity contribution < 1.29 is 19.4 Å². The number of anilines is 1. The van der Waals surface area contributed by atoms with Gasteiger partial charge in [-0.05, 0) is 25.0 Å². The van der Waals surface area contributed by atoms with Crippen LogP contribution < -0.4 is 4.90 Å². The molecule has 2 fully saturated rings. The number of hydrogen-bond acceptors (Lipinski definition) is 3. The summed E-state index contributed by atoms with van der Waals surface area (Å²) in [5, 5.41) is 9.62. The highest BCUT2D eigenvalue weighted by Crippen LogP contribution is 2.56. The fourth-order valence-electron chi connectivity index (χ4n) is 4.50. The maximum absolute atomic E-state index is 13.2. The van der Waals surface area contributed by atoms with Gasteiger partial charge in [0.15, 0.2) is 0 Å². The Balaban J connectivity index is 1.87. The van der Waals surface area contributed by atoms with E-state index in [1.165, 1.54) is 0 Å². The SMILES string of the molecule is C=CC[C@@H]1N(c2ccccc2C)C(=O)[C@@H]2[C@@H](C(=O)O)[C@H]3C=C[C@]21O3. The lowest BCUT2D eigenvalue weighted by Gasteiger charge is -2.33. The van der Waals surface area contributed by atoms with Crippen LogP contribution in [0.5, 0.6) is 0 Å². The number of benzene rings is 1. The van der Waals surface area contributed by atoms with Crippen molar-refractivity contribution in [2.75, 3.05) is 4.90 Å². The molecule has 124 valence electrons. The first-order valence-electron chi connectivity index (χ1n) is 8.11. The van der Waals surface area contributed by atoms with Crippen LogP contribution in [0.2, 0.25) is 0 Å². The maximum Gasteiger partial charge on any atom is 0.310 e. The summed E-state index contributed by atoms with van der Waals surface area (Å²) in [6, 6.07) is 7.37. The Bertz CT molecular complexity index is 770. The second-order valence-electron chi connectivity index (χ2n) is 6.67. The molecule has 1 aromatic carbocycles. The molecule has 0 unspecified atom stereocenters. The van der Waals surface area contributed by atoms with Crippen molar-refractivity contribution in [1.82, 2.24) is 0 Å². The van der Waals surface area contributed by atoms with Crippen LogP contribution in [0.25, 0.3) is 0 Å². The first-order valence-corrected chi connectivity index (χ1v) is 8.11. The largest absolute Gasteiger partial charge is 0.481 e. The van der Waals surface area contributed by atoms with E-state index in [4.69, 9.17) is 4.74 Å². The Labute approximate surface area is 140 Å². The predicted octanol–water partition coefficient (Wildman–Crippen LogP) is 2.31. The first-order chi connectivity index (χ1) is 11.5. The van der Waals surface area contributed by atoms with E-state index in [2.05, 4.69) is 6.58 Å². The standard InChI is InChI=1S/C19H19NO4/c1-3-6-14-19-10-9-13(24-19)15(18(22)23)16(19)17(21)20(14)12-8-5-4-7-11(12)2/h3-5,7-10,13-16H,1,6H2,2H3,(H,22,23)/t13-,14+,15+,16+,19-/m1/s1. The fourth-order valence-corrected chi connectivity index (χ4v) is 4.50. The van der Waals surface area contributed by atoms with Crippen molar-refractivity contribution in [3.63, 3.8) is 0 Å². The van der Waals surface area contributed by atoms with E-state index < -0.39 is 29.5 Å². The quantitative estimate of drug-likeness (QED) is 0.863. The number of amides is 1. The predicted molar refractivity (Wildman–Crippen MR) is 88.6 cm³/mol. The molecule has 5 atom stereocenters. The van der Waals surface area contributed by atoms with Crippen LogP contribution in [-0.4, -0.2) is 34.7 Å². The van der Waals surface area contributed by atoms with Gasteiger partial charge in [-0.2, -0.15) is 0 Å². The van der Waals surface area contributed by atoms with E-state index in [1.54, 1.807) is 17.1 Å². The number of fused-ring (bicyclic) bond motifs is 1. The Morgan fingerprint density at radius 1 is 1.46 bits per heavy atom. The number of ether oxygens (including phenoxy) is 1. The molecule has 5 heteroatoms. The minimum absolute atomic E-state index is 0.171. The monoisotopic (exact) mass is 325 g/mol. The van der Waals surface area contributed by atoms with E-state index in [0.29, 0.717) is 6.42 Å². The molecule has 1 aromatic rings. The van der Waals surface area contributed by atoms with Gasteiger partial charge in [-0.15, -0.1) is 6.58 Å². The topological polar surface area (TPSA) is 66.8 Å². The van der Waals surface area contributed by atoms with Crippen LogP contribution >= 0.6 is 0 Å². The number of rotatable bonds is 4. The van der Waals surface area contributed by atoms with Gasteiger partial charge in [-0.3, -0.25) is 9.59 Å². The smallest absolute Gasteiger partial charge is 0.310 e.